The Morgan fingerprint density at radius 3 is 2.96 bits per heavy atom. The van der Waals surface area contributed by atoms with Crippen LogP contribution in [0.1, 0.15) is 35.0 Å². The fourth-order valence-corrected chi connectivity index (χ4v) is 4.98. The van der Waals surface area contributed by atoms with Crippen molar-refractivity contribution >= 4 is 28.3 Å². The van der Waals surface area contributed by atoms with Crippen LogP contribution in [0.2, 0.25) is 0 Å². The Kier molecular flexibility index (Phi) is 4.28. The molecule has 2 atom stereocenters. The molecule has 0 spiro atoms. The summed E-state index contributed by atoms with van der Waals surface area (Å²) in [6.07, 6.45) is 5.31. The van der Waals surface area contributed by atoms with Gasteiger partial charge in [-0.2, -0.15) is 0 Å². The molecule has 8 nitrogen and oxygen atoms in total. The molecule has 4 heterocycles. The number of thiazole rings is 1. The van der Waals surface area contributed by atoms with Crippen molar-refractivity contribution in [3.8, 4) is 0 Å². The van der Waals surface area contributed by atoms with Crippen molar-refractivity contribution in [2.75, 3.05) is 18.9 Å². The molecule has 2 aliphatic heterocycles. The molecule has 5 rings (SSSR count). The second kappa shape index (κ2) is 6.82. The summed E-state index contributed by atoms with van der Waals surface area (Å²) in [5, 5.41) is 0.534. The van der Waals surface area contributed by atoms with E-state index in [-0.39, 0.29) is 24.5 Å². The van der Waals surface area contributed by atoms with Gasteiger partial charge >= 0.3 is 0 Å². The maximum atomic E-state index is 13.4. The van der Waals surface area contributed by atoms with E-state index in [4.69, 9.17) is 10.5 Å². The van der Waals surface area contributed by atoms with Gasteiger partial charge in [0.25, 0.3) is 5.91 Å². The zero-order chi connectivity index (χ0) is 19.3. The fraction of sp³-hybridized carbons (Fsp3) is 0.474. The Morgan fingerprint density at radius 2 is 2.21 bits per heavy atom. The van der Waals surface area contributed by atoms with Crippen molar-refractivity contribution in [2.45, 2.75) is 44.0 Å². The Labute approximate surface area is 166 Å². The summed E-state index contributed by atoms with van der Waals surface area (Å²) >= 11 is 1.43. The standard InChI is InChI=1S/C19H21N5O3S/c20-19-22-13-5-7-23(9-14(13)28-19)18(26)17-16(11-2-1-6-21-8-11)24(12-3-4-12)15(25)10-27-17/h1-2,6,8,12,16-17H,3-5,7,9-10H2,(H2,20,22)/t16-,17+/m1/s1. The molecule has 2 aromatic heterocycles. The molecule has 2 N–H and O–H groups in total. The number of hydrogen-bond donors (Lipinski definition) is 1. The molecule has 2 amide bonds. The van der Waals surface area contributed by atoms with Crippen molar-refractivity contribution in [1.29, 1.82) is 0 Å². The molecule has 28 heavy (non-hydrogen) atoms. The topological polar surface area (TPSA) is 102 Å². The van der Waals surface area contributed by atoms with Crippen LogP contribution in [0.3, 0.4) is 0 Å². The SMILES string of the molecule is Nc1nc2c(s1)CN(C(=O)[C@H]1OCC(=O)N(C3CC3)[C@@H]1c1cccnc1)CC2. The van der Waals surface area contributed by atoms with Crippen LogP contribution in [0.4, 0.5) is 5.13 Å². The van der Waals surface area contributed by atoms with Gasteiger partial charge in [-0.05, 0) is 24.5 Å². The fourth-order valence-electron chi connectivity index (χ4n) is 4.09. The van der Waals surface area contributed by atoms with E-state index in [0.717, 1.165) is 29.0 Å². The highest BCUT2D eigenvalue weighted by Gasteiger charge is 2.48. The van der Waals surface area contributed by atoms with E-state index < -0.39 is 12.1 Å². The van der Waals surface area contributed by atoms with Crippen molar-refractivity contribution in [3.05, 3.63) is 40.7 Å². The van der Waals surface area contributed by atoms with Crippen LogP contribution in [-0.4, -0.2) is 56.9 Å². The maximum absolute atomic E-state index is 13.4. The molecule has 1 saturated carbocycles. The third kappa shape index (κ3) is 3.04. The number of hydrogen-bond acceptors (Lipinski definition) is 7. The zero-order valence-electron chi connectivity index (χ0n) is 15.3. The summed E-state index contributed by atoms with van der Waals surface area (Å²) < 4.78 is 5.83. The van der Waals surface area contributed by atoms with Crippen LogP contribution in [0.25, 0.3) is 0 Å². The monoisotopic (exact) mass is 399 g/mol. The first-order valence-corrected chi connectivity index (χ1v) is 10.3. The van der Waals surface area contributed by atoms with E-state index in [0.29, 0.717) is 24.6 Å². The first-order chi connectivity index (χ1) is 13.6. The number of nitrogen functional groups attached to an aromatic ring is 1. The molecule has 0 bridgehead atoms. The van der Waals surface area contributed by atoms with E-state index in [1.807, 2.05) is 17.0 Å². The number of pyridine rings is 1. The highest BCUT2D eigenvalue weighted by molar-refractivity contribution is 7.15. The average Bonchev–Trinajstić information content (AvgIpc) is 3.47. The van der Waals surface area contributed by atoms with Crippen LogP contribution in [-0.2, 0) is 27.3 Å². The minimum absolute atomic E-state index is 0.0587. The summed E-state index contributed by atoms with van der Waals surface area (Å²) in [7, 11) is 0. The van der Waals surface area contributed by atoms with Gasteiger partial charge in [0, 0.05) is 36.3 Å². The van der Waals surface area contributed by atoms with Gasteiger partial charge in [0.15, 0.2) is 11.2 Å². The van der Waals surface area contributed by atoms with E-state index in [1.165, 1.54) is 11.3 Å². The van der Waals surface area contributed by atoms with Crippen LogP contribution in [0.15, 0.2) is 24.5 Å². The molecule has 1 saturated heterocycles. The number of anilines is 1. The van der Waals surface area contributed by atoms with Crippen LogP contribution >= 0.6 is 11.3 Å². The lowest BCUT2D eigenvalue weighted by Gasteiger charge is -2.42. The smallest absolute Gasteiger partial charge is 0.254 e. The lowest BCUT2D eigenvalue weighted by Crippen LogP contribution is -2.56. The number of nitrogens with zero attached hydrogens (tertiary/aromatic N) is 4. The lowest BCUT2D eigenvalue weighted by molar-refractivity contribution is -0.170. The molecule has 2 fully saturated rings. The molecule has 0 radical (unpaired) electrons. The van der Waals surface area contributed by atoms with Gasteiger partial charge < -0.3 is 20.3 Å². The van der Waals surface area contributed by atoms with Gasteiger partial charge in [-0.25, -0.2) is 4.98 Å². The van der Waals surface area contributed by atoms with E-state index in [9.17, 15) is 9.59 Å². The van der Waals surface area contributed by atoms with Gasteiger partial charge in [-0.1, -0.05) is 6.07 Å². The minimum atomic E-state index is -0.727. The highest BCUT2D eigenvalue weighted by atomic mass is 32.1. The Hall–Kier alpha value is -2.52. The second-order valence-electron chi connectivity index (χ2n) is 7.43. The molecule has 1 aliphatic carbocycles. The number of amides is 2. The number of ether oxygens (including phenoxy) is 1. The second-order valence-corrected chi connectivity index (χ2v) is 8.54. The van der Waals surface area contributed by atoms with Gasteiger partial charge in [0.2, 0.25) is 5.91 Å². The number of aromatic nitrogens is 2. The molecular weight excluding hydrogens is 378 g/mol. The number of fused-ring (bicyclic) bond motifs is 1. The van der Waals surface area contributed by atoms with Crippen LogP contribution < -0.4 is 5.73 Å². The Bertz CT molecular complexity index is 914. The van der Waals surface area contributed by atoms with Gasteiger partial charge in [0.05, 0.1) is 18.3 Å². The normalized spacial score (nSPS) is 24.9. The maximum Gasteiger partial charge on any atom is 0.254 e. The van der Waals surface area contributed by atoms with Crippen molar-refractivity contribution in [2.24, 2.45) is 0 Å². The summed E-state index contributed by atoms with van der Waals surface area (Å²) in [5.41, 5.74) is 7.64. The van der Waals surface area contributed by atoms with Crippen LogP contribution in [0, 0.1) is 0 Å². The first kappa shape index (κ1) is 17.6. The molecule has 2 aromatic rings. The van der Waals surface area contributed by atoms with E-state index >= 15 is 0 Å². The number of nitrogens with two attached hydrogens (primary N) is 1. The summed E-state index contributed by atoms with van der Waals surface area (Å²) in [4.78, 5) is 39.3. The summed E-state index contributed by atoms with van der Waals surface area (Å²) in [6.45, 7) is 1.00. The molecule has 0 aromatic carbocycles. The largest absolute Gasteiger partial charge is 0.375 e. The molecule has 3 aliphatic rings. The Morgan fingerprint density at radius 1 is 1.36 bits per heavy atom. The van der Waals surface area contributed by atoms with Crippen molar-refractivity contribution < 1.29 is 14.3 Å². The van der Waals surface area contributed by atoms with Crippen molar-refractivity contribution in [3.63, 3.8) is 0 Å². The summed E-state index contributed by atoms with van der Waals surface area (Å²) in [6, 6.07) is 3.48. The highest BCUT2D eigenvalue weighted by Crippen LogP contribution is 2.40. The number of carbonyl (C=O) groups is 2. The molecule has 9 heteroatoms. The first-order valence-electron chi connectivity index (χ1n) is 9.47. The van der Waals surface area contributed by atoms with Gasteiger partial charge in [-0.15, -0.1) is 11.3 Å². The molecular formula is C19H21N5O3S. The van der Waals surface area contributed by atoms with Gasteiger partial charge in [0.1, 0.15) is 6.61 Å². The Balaban J connectivity index is 1.45. The quantitative estimate of drug-likeness (QED) is 0.830. The zero-order valence-corrected chi connectivity index (χ0v) is 16.1. The number of carbonyl (C=O) groups excluding carboxylic acids is 2. The average molecular weight is 399 g/mol. The molecule has 0 unspecified atom stereocenters. The lowest BCUT2D eigenvalue weighted by atomic mass is 9.97. The number of morpholine rings is 1. The van der Waals surface area contributed by atoms with Crippen LogP contribution in [0.5, 0.6) is 0 Å². The predicted octanol–water partition coefficient (Wildman–Crippen LogP) is 1.14. The predicted molar refractivity (Wildman–Crippen MR) is 102 cm³/mol. The molecule has 146 valence electrons. The third-order valence-electron chi connectivity index (χ3n) is 5.53. The van der Waals surface area contributed by atoms with E-state index in [1.54, 1.807) is 17.3 Å². The van der Waals surface area contributed by atoms with E-state index in [2.05, 4.69) is 9.97 Å². The van der Waals surface area contributed by atoms with Gasteiger partial charge in [-0.3, -0.25) is 14.6 Å². The minimum Gasteiger partial charge on any atom is -0.375 e. The van der Waals surface area contributed by atoms with Crippen molar-refractivity contribution in [1.82, 2.24) is 19.8 Å². The summed E-state index contributed by atoms with van der Waals surface area (Å²) in [5.74, 6) is -0.152. The number of rotatable bonds is 3. The third-order valence-corrected chi connectivity index (χ3v) is 6.44.